The number of thioether (sulfide) groups is 1. The lowest BCUT2D eigenvalue weighted by Crippen LogP contribution is -2.33. The number of ether oxygens (including phenoxy) is 1. The van der Waals surface area contributed by atoms with Crippen LogP contribution >= 0.6 is 23.1 Å². The summed E-state index contributed by atoms with van der Waals surface area (Å²) in [5, 5.41) is 18.8. The van der Waals surface area contributed by atoms with E-state index in [1.54, 1.807) is 7.05 Å². The number of para-hydroxylation sites is 1. The van der Waals surface area contributed by atoms with Crippen LogP contribution in [0.4, 0.5) is 13.2 Å². The summed E-state index contributed by atoms with van der Waals surface area (Å²) in [5.74, 6) is -0.287. The summed E-state index contributed by atoms with van der Waals surface area (Å²) >= 11 is 2.97. The average Bonchev–Trinajstić information content (AvgIpc) is 2.99. The van der Waals surface area contributed by atoms with Crippen LogP contribution in [-0.4, -0.2) is 52.8 Å². The third-order valence-electron chi connectivity index (χ3n) is 3.17. The number of aliphatic hydroxyl groups is 1. The third-order valence-corrected chi connectivity index (χ3v) is 5.06. The Bertz CT molecular complexity index is 682. The van der Waals surface area contributed by atoms with Crippen molar-refractivity contribution in [2.45, 2.75) is 23.2 Å². The number of hydrogen-bond acceptors (Lipinski definition) is 7. The normalized spacial score (nSPS) is 13.2. The van der Waals surface area contributed by atoms with Crippen LogP contribution in [0.5, 0.6) is 5.75 Å². The van der Waals surface area contributed by atoms with Crippen molar-refractivity contribution in [1.82, 2.24) is 15.1 Å². The lowest BCUT2D eigenvalue weighted by Gasteiger charge is -2.20. The number of nitrogens with zero attached hydrogens (tertiary/aromatic N) is 3. The molecule has 0 radical (unpaired) electrons. The minimum atomic E-state index is -4.49. The highest BCUT2D eigenvalue weighted by Crippen LogP contribution is 2.35. The molecule has 0 aliphatic heterocycles. The molecule has 0 saturated carbocycles. The van der Waals surface area contributed by atoms with Gasteiger partial charge in [-0.1, -0.05) is 35.2 Å². The maximum absolute atomic E-state index is 12.9. The number of alkyl halides is 3. The molecule has 0 aliphatic rings. The van der Waals surface area contributed by atoms with E-state index in [0.29, 0.717) is 6.54 Å². The highest BCUT2D eigenvalue weighted by molar-refractivity contribution is 8.00. The van der Waals surface area contributed by atoms with Gasteiger partial charge in [-0.25, -0.2) is 0 Å². The Kier molecular flexibility index (Phi) is 7.05. The molecule has 10 heteroatoms. The molecule has 25 heavy (non-hydrogen) atoms. The molecule has 2 aromatic rings. The number of aliphatic hydroxyl groups excluding tert-OH is 1. The summed E-state index contributed by atoms with van der Waals surface area (Å²) in [5.41, 5.74) is -0.853. The molecule has 1 aromatic heterocycles. The summed E-state index contributed by atoms with van der Waals surface area (Å²) in [6, 6.07) is 4.95. The molecule has 1 atom stereocenters. The average molecular weight is 393 g/mol. The van der Waals surface area contributed by atoms with Crippen LogP contribution in [0.2, 0.25) is 0 Å². The molecule has 0 fully saturated rings. The first-order valence-corrected chi connectivity index (χ1v) is 9.35. The fraction of sp³-hybridized carbons (Fsp3) is 0.467. The zero-order valence-corrected chi connectivity index (χ0v) is 15.3. The summed E-state index contributed by atoms with van der Waals surface area (Å²) < 4.78 is 44.7. The largest absolute Gasteiger partial charge is 0.490 e. The molecule has 0 bridgehead atoms. The second-order valence-electron chi connectivity index (χ2n) is 5.32. The van der Waals surface area contributed by atoms with E-state index in [0.717, 1.165) is 15.4 Å². The van der Waals surface area contributed by atoms with Crippen molar-refractivity contribution in [2.24, 2.45) is 0 Å². The van der Waals surface area contributed by atoms with Crippen LogP contribution in [-0.2, 0) is 12.7 Å². The van der Waals surface area contributed by atoms with Crippen molar-refractivity contribution >= 4 is 23.1 Å². The van der Waals surface area contributed by atoms with Gasteiger partial charge in [-0.2, -0.15) is 13.2 Å². The Labute approximate surface area is 151 Å². The number of likely N-dealkylation sites (N-methyl/N-ethyl adjacent to an activating group) is 1. The molecule has 0 saturated heterocycles. The van der Waals surface area contributed by atoms with E-state index >= 15 is 0 Å². The van der Waals surface area contributed by atoms with Crippen LogP contribution < -0.4 is 4.74 Å². The van der Waals surface area contributed by atoms with Gasteiger partial charge in [-0.3, -0.25) is 4.90 Å². The first-order valence-electron chi connectivity index (χ1n) is 7.31. The molecule has 5 nitrogen and oxygen atoms in total. The van der Waals surface area contributed by atoms with Crippen LogP contribution in [0.15, 0.2) is 28.6 Å². The number of benzene rings is 1. The monoisotopic (exact) mass is 393 g/mol. The van der Waals surface area contributed by atoms with Gasteiger partial charge < -0.3 is 9.84 Å². The van der Waals surface area contributed by atoms with Gasteiger partial charge in [0.2, 0.25) is 0 Å². The number of aromatic nitrogens is 2. The SMILES string of the molecule is CSc1nnc(CN(C)C[C@H](O)COc2ccccc2C(F)(F)F)s1. The third kappa shape index (κ3) is 6.14. The van der Waals surface area contributed by atoms with Crippen molar-refractivity contribution in [3.63, 3.8) is 0 Å². The molecule has 1 heterocycles. The van der Waals surface area contributed by atoms with E-state index in [9.17, 15) is 18.3 Å². The molecular formula is C15H18F3N3O2S2. The number of hydrogen-bond donors (Lipinski definition) is 1. The van der Waals surface area contributed by atoms with Crippen LogP contribution in [0.3, 0.4) is 0 Å². The lowest BCUT2D eigenvalue weighted by molar-refractivity contribution is -0.139. The highest BCUT2D eigenvalue weighted by Gasteiger charge is 2.34. The predicted molar refractivity (Wildman–Crippen MR) is 91.0 cm³/mol. The first kappa shape index (κ1) is 20.0. The minimum Gasteiger partial charge on any atom is -0.490 e. The molecule has 0 unspecified atom stereocenters. The molecule has 0 spiro atoms. The fourth-order valence-electron chi connectivity index (χ4n) is 2.11. The van der Waals surface area contributed by atoms with Gasteiger partial charge in [0.25, 0.3) is 0 Å². The van der Waals surface area contributed by atoms with E-state index in [1.807, 2.05) is 11.2 Å². The van der Waals surface area contributed by atoms with E-state index in [1.165, 1.54) is 41.3 Å². The van der Waals surface area contributed by atoms with Crippen LogP contribution in [0, 0.1) is 0 Å². The lowest BCUT2D eigenvalue weighted by atomic mass is 10.2. The molecular weight excluding hydrogens is 375 g/mol. The number of halogens is 3. The Morgan fingerprint density at radius 2 is 2.04 bits per heavy atom. The Hall–Kier alpha value is -1.36. The first-order chi connectivity index (χ1) is 11.8. The Morgan fingerprint density at radius 1 is 1.32 bits per heavy atom. The van der Waals surface area contributed by atoms with Crippen LogP contribution in [0.25, 0.3) is 0 Å². The fourth-order valence-corrected chi connectivity index (χ4v) is 3.50. The summed E-state index contributed by atoms with van der Waals surface area (Å²) in [7, 11) is 1.78. The summed E-state index contributed by atoms with van der Waals surface area (Å²) in [6.45, 7) is 0.500. The summed E-state index contributed by atoms with van der Waals surface area (Å²) in [4.78, 5) is 1.81. The molecule has 1 N–H and O–H groups in total. The molecule has 2 rings (SSSR count). The standard InChI is InChI=1S/C15H18F3N3O2S2/c1-21(8-13-19-20-14(24-2)25-13)7-10(22)9-23-12-6-4-3-5-11(12)15(16,17)18/h3-6,10,22H,7-9H2,1-2H3/t10-/m0/s1. The van der Waals surface area contributed by atoms with E-state index < -0.39 is 17.8 Å². The molecule has 138 valence electrons. The van der Waals surface area contributed by atoms with Crippen molar-refractivity contribution in [2.75, 3.05) is 26.5 Å². The van der Waals surface area contributed by atoms with Gasteiger partial charge in [-0.05, 0) is 25.4 Å². The Balaban J connectivity index is 1.85. The maximum Gasteiger partial charge on any atom is 0.419 e. The second-order valence-corrected chi connectivity index (χ2v) is 7.44. The van der Waals surface area contributed by atoms with Crippen LogP contribution in [0.1, 0.15) is 10.6 Å². The van der Waals surface area contributed by atoms with Crippen molar-refractivity contribution in [3.05, 3.63) is 34.8 Å². The van der Waals surface area contributed by atoms with Gasteiger partial charge in [0.1, 0.15) is 23.5 Å². The van der Waals surface area contributed by atoms with E-state index in [-0.39, 0.29) is 18.9 Å². The van der Waals surface area contributed by atoms with Gasteiger partial charge in [0, 0.05) is 6.54 Å². The van der Waals surface area contributed by atoms with Gasteiger partial charge >= 0.3 is 6.18 Å². The highest BCUT2D eigenvalue weighted by atomic mass is 32.2. The van der Waals surface area contributed by atoms with E-state index in [2.05, 4.69) is 10.2 Å². The van der Waals surface area contributed by atoms with Gasteiger partial charge in [0.05, 0.1) is 12.1 Å². The van der Waals surface area contributed by atoms with Gasteiger partial charge in [0.15, 0.2) is 4.34 Å². The molecule has 0 aliphatic carbocycles. The van der Waals surface area contributed by atoms with Gasteiger partial charge in [-0.15, -0.1) is 10.2 Å². The van der Waals surface area contributed by atoms with Crippen molar-refractivity contribution < 1.29 is 23.0 Å². The maximum atomic E-state index is 12.9. The molecule has 0 amide bonds. The second kappa shape index (κ2) is 8.84. The van der Waals surface area contributed by atoms with Crippen molar-refractivity contribution in [3.8, 4) is 5.75 Å². The Morgan fingerprint density at radius 3 is 2.68 bits per heavy atom. The zero-order valence-electron chi connectivity index (χ0n) is 13.7. The van der Waals surface area contributed by atoms with Crippen molar-refractivity contribution in [1.29, 1.82) is 0 Å². The quantitative estimate of drug-likeness (QED) is 0.696. The molecule has 1 aromatic carbocycles. The smallest absolute Gasteiger partial charge is 0.419 e. The predicted octanol–water partition coefficient (Wildman–Crippen LogP) is 3.15. The summed E-state index contributed by atoms with van der Waals surface area (Å²) in [6.07, 6.45) is -3.52. The topological polar surface area (TPSA) is 58.5 Å². The number of rotatable bonds is 8. The zero-order chi connectivity index (χ0) is 18.4. The van der Waals surface area contributed by atoms with E-state index in [4.69, 9.17) is 4.74 Å². The minimum absolute atomic E-state index is 0.233.